The molecule has 214 valence electrons. The van der Waals surface area contributed by atoms with Crippen molar-refractivity contribution in [1.29, 1.82) is 0 Å². The highest BCUT2D eigenvalue weighted by Gasteiger charge is 2.39. The van der Waals surface area contributed by atoms with Gasteiger partial charge in [0.25, 0.3) is 0 Å². The van der Waals surface area contributed by atoms with Crippen LogP contribution in [0.3, 0.4) is 0 Å². The minimum absolute atomic E-state index is 0.0984. The van der Waals surface area contributed by atoms with Crippen LogP contribution < -0.4 is 10.6 Å². The molecule has 2 aromatic rings. The summed E-state index contributed by atoms with van der Waals surface area (Å²) in [7, 11) is 0. The third-order valence-corrected chi connectivity index (χ3v) is 6.07. The summed E-state index contributed by atoms with van der Waals surface area (Å²) in [6.45, 7) is 16.7. The van der Waals surface area contributed by atoms with Crippen LogP contribution in [0.4, 0.5) is 4.79 Å². The van der Waals surface area contributed by atoms with E-state index in [4.69, 9.17) is 4.74 Å². The minimum atomic E-state index is -1.02. The molecular weight excluding hydrogens is 494 g/mol. The quantitative estimate of drug-likeness (QED) is 0.394. The first-order valence-electron chi connectivity index (χ1n) is 13.5. The summed E-state index contributed by atoms with van der Waals surface area (Å²) in [4.78, 5) is 42.7. The Morgan fingerprint density at radius 1 is 1.00 bits per heavy atom. The number of carbonyl (C=O) groups excluding carboxylic acids is 3. The first kappa shape index (κ1) is 31.7. The number of benzene rings is 2. The van der Waals surface area contributed by atoms with Crippen molar-refractivity contribution < 1.29 is 24.2 Å². The van der Waals surface area contributed by atoms with Crippen molar-refractivity contribution in [3.8, 4) is 5.75 Å². The van der Waals surface area contributed by atoms with Crippen LogP contribution in [0.1, 0.15) is 84.5 Å². The second-order valence-corrected chi connectivity index (χ2v) is 12.1. The molecule has 8 nitrogen and oxygen atoms in total. The number of phenolic OH excluding ortho intramolecular Hbond substituents is 1. The lowest BCUT2D eigenvalue weighted by Gasteiger charge is -2.39. The van der Waals surface area contributed by atoms with E-state index in [1.165, 1.54) is 12.1 Å². The average molecular weight is 540 g/mol. The van der Waals surface area contributed by atoms with Crippen LogP contribution >= 0.6 is 0 Å². The zero-order chi connectivity index (χ0) is 29.5. The number of nitrogens with one attached hydrogen (secondary N) is 2. The van der Waals surface area contributed by atoms with Gasteiger partial charge in [-0.25, -0.2) is 4.79 Å². The third kappa shape index (κ3) is 9.93. The number of aryl methyl sites for hydroxylation is 1. The highest BCUT2D eigenvalue weighted by atomic mass is 16.6. The molecule has 3 N–H and O–H groups in total. The zero-order valence-electron chi connectivity index (χ0n) is 24.8. The molecule has 2 aromatic carbocycles. The van der Waals surface area contributed by atoms with Crippen molar-refractivity contribution in [1.82, 2.24) is 15.5 Å². The number of rotatable bonds is 9. The molecule has 0 aromatic heterocycles. The van der Waals surface area contributed by atoms with Crippen LogP contribution in [0.5, 0.6) is 5.75 Å². The first-order valence-corrected chi connectivity index (χ1v) is 13.5. The van der Waals surface area contributed by atoms with Gasteiger partial charge in [-0.2, -0.15) is 0 Å². The molecule has 0 radical (unpaired) electrons. The Bertz CT molecular complexity index is 1130. The highest BCUT2D eigenvalue weighted by Crippen LogP contribution is 2.28. The predicted molar refractivity (Wildman–Crippen MR) is 153 cm³/mol. The molecule has 3 amide bonds. The van der Waals surface area contributed by atoms with Gasteiger partial charge in [0.15, 0.2) is 0 Å². The summed E-state index contributed by atoms with van der Waals surface area (Å²) in [6, 6.07) is 11.8. The maximum Gasteiger partial charge on any atom is 0.408 e. The topological polar surface area (TPSA) is 108 Å². The fraction of sp³-hybridized carbons (Fsp3) is 0.516. The molecule has 0 spiro atoms. The summed E-state index contributed by atoms with van der Waals surface area (Å²) in [5, 5.41) is 15.5. The Balaban J connectivity index is 2.61. The van der Waals surface area contributed by atoms with Crippen molar-refractivity contribution in [2.45, 2.75) is 104 Å². The number of ether oxygens (including phenoxy) is 1. The van der Waals surface area contributed by atoms with Crippen LogP contribution in [-0.4, -0.2) is 51.1 Å². The number of hydrogen-bond donors (Lipinski definition) is 3. The van der Waals surface area contributed by atoms with Gasteiger partial charge in [-0.3, -0.25) is 9.59 Å². The van der Waals surface area contributed by atoms with Crippen molar-refractivity contribution in [2.24, 2.45) is 0 Å². The second-order valence-electron chi connectivity index (χ2n) is 12.1. The van der Waals surface area contributed by atoms with E-state index in [9.17, 15) is 19.5 Å². The van der Waals surface area contributed by atoms with E-state index in [-0.39, 0.29) is 24.1 Å². The van der Waals surface area contributed by atoms with E-state index in [1.54, 1.807) is 37.8 Å². The number of alkyl carbamates (subject to hydrolysis) is 1. The second kappa shape index (κ2) is 13.0. The summed E-state index contributed by atoms with van der Waals surface area (Å²) < 4.78 is 5.48. The van der Waals surface area contributed by atoms with Gasteiger partial charge < -0.3 is 25.4 Å². The van der Waals surface area contributed by atoms with Crippen molar-refractivity contribution in [3.05, 3.63) is 65.2 Å². The SMILES string of the molecule is CCC(C)N(C(=O)C(Cc1ccc(O)cc1)NC(=O)OC(C)(C)C)C(C(=O)NC(C)(C)C)c1cccc(C)c1. The Morgan fingerprint density at radius 3 is 2.13 bits per heavy atom. The Kier molecular flexibility index (Phi) is 10.6. The lowest BCUT2D eigenvalue weighted by Crippen LogP contribution is -2.57. The molecule has 0 aliphatic rings. The molecular formula is C31H45N3O5. The van der Waals surface area contributed by atoms with E-state index in [1.807, 2.05) is 65.8 Å². The Morgan fingerprint density at radius 2 is 1.62 bits per heavy atom. The monoisotopic (exact) mass is 539 g/mol. The first-order chi connectivity index (χ1) is 18.0. The summed E-state index contributed by atoms with van der Waals surface area (Å²) in [6.07, 6.45) is 0.0112. The number of aromatic hydroxyl groups is 1. The standard InChI is InChI=1S/C31H45N3O5/c1-10-21(3)34(26(27(36)33-30(4,5)6)23-13-11-12-20(2)18-23)28(37)25(32-29(38)39-31(7,8)9)19-22-14-16-24(35)17-15-22/h11-18,21,25-26,35H,10,19H2,1-9H3,(H,32,38)(H,33,36). The van der Waals surface area contributed by atoms with Gasteiger partial charge in [-0.1, -0.05) is 48.9 Å². The van der Waals surface area contributed by atoms with E-state index in [0.717, 1.165) is 11.1 Å². The van der Waals surface area contributed by atoms with E-state index >= 15 is 0 Å². The molecule has 0 fully saturated rings. The normalized spacial score (nSPS) is 14.1. The molecule has 3 unspecified atom stereocenters. The maximum absolute atomic E-state index is 14.4. The number of nitrogens with zero attached hydrogens (tertiary/aromatic N) is 1. The van der Waals surface area contributed by atoms with E-state index in [2.05, 4.69) is 10.6 Å². The lowest BCUT2D eigenvalue weighted by atomic mass is 9.96. The van der Waals surface area contributed by atoms with Crippen molar-refractivity contribution in [2.75, 3.05) is 0 Å². The number of phenols is 1. The van der Waals surface area contributed by atoms with Crippen LogP contribution in [0, 0.1) is 6.92 Å². The summed E-state index contributed by atoms with van der Waals surface area (Å²) >= 11 is 0. The van der Waals surface area contributed by atoms with Crippen LogP contribution in [0.2, 0.25) is 0 Å². The average Bonchev–Trinajstić information content (AvgIpc) is 2.80. The predicted octanol–water partition coefficient (Wildman–Crippen LogP) is 5.42. The fourth-order valence-corrected chi connectivity index (χ4v) is 4.21. The molecule has 0 aliphatic carbocycles. The molecule has 2 rings (SSSR count). The number of carbonyl (C=O) groups is 3. The van der Waals surface area contributed by atoms with E-state index < -0.39 is 35.2 Å². The Labute approximate surface area is 233 Å². The molecule has 0 aliphatic heterocycles. The summed E-state index contributed by atoms with van der Waals surface area (Å²) in [5.41, 5.74) is 1.10. The smallest absolute Gasteiger partial charge is 0.408 e. The maximum atomic E-state index is 14.4. The molecule has 3 atom stereocenters. The van der Waals surface area contributed by atoms with Gasteiger partial charge in [0.2, 0.25) is 11.8 Å². The molecule has 0 saturated heterocycles. The molecule has 39 heavy (non-hydrogen) atoms. The van der Waals surface area contributed by atoms with Gasteiger partial charge in [0.1, 0.15) is 23.4 Å². The minimum Gasteiger partial charge on any atom is -0.508 e. The fourth-order valence-electron chi connectivity index (χ4n) is 4.21. The van der Waals surface area contributed by atoms with Gasteiger partial charge in [-0.15, -0.1) is 0 Å². The van der Waals surface area contributed by atoms with Gasteiger partial charge >= 0.3 is 6.09 Å². The lowest BCUT2D eigenvalue weighted by molar-refractivity contribution is -0.145. The zero-order valence-corrected chi connectivity index (χ0v) is 24.8. The molecule has 0 saturated carbocycles. The van der Waals surface area contributed by atoms with Crippen LogP contribution in [0.15, 0.2) is 48.5 Å². The van der Waals surface area contributed by atoms with Gasteiger partial charge in [-0.05, 0) is 85.1 Å². The van der Waals surface area contributed by atoms with E-state index in [0.29, 0.717) is 12.0 Å². The van der Waals surface area contributed by atoms with Crippen LogP contribution in [-0.2, 0) is 20.7 Å². The van der Waals surface area contributed by atoms with Gasteiger partial charge in [0, 0.05) is 18.0 Å². The number of amides is 3. The van der Waals surface area contributed by atoms with Gasteiger partial charge in [0.05, 0.1) is 0 Å². The summed E-state index contributed by atoms with van der Waals surface area (Å²) in [5.74, 6) is -0.609. The molecule has 0 heterocycles. The largest absolute Gasteiger partial charge is 0.508 e. The third-order valence-electron chi connectivity index (χ3n) is 6.07. The number of hydrogen-bond acceptors (Lipinski definition) is 5. The highest BCUT2D eigenvalue weighted by molar-refractivity contribution is 5.92. The molecule has 0 bridgehead atoms. The Hall–Kier alpha value is -3.55. The van der Waals surface area contributed by atoms with Crippen LogP contribution in [0.25, 0.3) is 0 Å². The van der Waals surface area contributed by atoms with Crippen molar-refractivity contribution in [3.63, 3.8) is 0 Å². The molecule has 8 heteroatoms. The van der Waals surface area contributed by atoms with Crippen molar-refractivity contribution >= 4 is 17.9 Å².